The molecule has 0 spiro atoms. The van der Waals surface area contributed by atoms with Gasteiger partial charge < -0.3 is 14.4 Å². The maximum absolute atomic E-state index is 11.3. The first kappa shape index (κ1) is 14.9. The Morgan fingerprint density at radius 1 is 1.32 bits per heavy atom. The number of aromatic nitrogens is 1. The smallest absolute Gasteiger partial charge is 0.326 e. The molecule has 104 valence electrons. The number of hydrogen-bond acceptors (Lipinski definition) is 4. The number of aryl methyl sites for hydroxylation is 2. The highest BCUT2D eigenvalue weighted by Gasteiger charge is 2.22. The van der Waals surface area contributed by atoms with Crippen LogP contribution in [0.2, 0.25) is 0 Å². The van der Waals surface area contributed by atoms with Crippen LogP contribution in [0.3, 0.4) is 0 Å². The molecule has 1 N–H and O–H groups in total. The quantitative estimate of drug-likeness (QED) is 0.806. The van der Waals surface area contributed by atoms with E-state index in [-0.39, 0.29) is 18.3 Å². The average molecular weight is 267 g/mol. The molecule has 1 rings (SSSR count). The van der Waals surface area contributed by atoms with Gasteiger partial charge >= 0.3 is 11.9 Å². The number of carboxylic acid groups (broad SMARTS) is 1. The second-order valence-electron chi connectivity index (χ2n) is 4.31. The molecule has 0 saturated carbocycles. The number of carbonyl (C=O) groups excluding carboxylic acids is 1. The Morgan fingerprint density at radius 3 is 2.26 bits per heavy atom. The molecular formula is C13H17NO5. The normalized spacial score (nSPS) is 11.9. The van der Waals surface area contributed by atoms with Gasteiger partial charge in [0, 0.05) is 29.9 Å². The monoisotopic (exact) mass is 267 g/mol. The van der Waals surface area contributed by atoms with Crippen LogP contribution in [0.5, 0.6) is 0 Å². The standard InChI is InChI=1S/C13H17NO5/c1-8-6-10(15)7-9(2)14(8)11(13(17)18)4-5-12(16)19-3/h6-7,11H,4-5H2,1-3H3,(H,17,18). The predicted octanol–water partition coefficient (Wildman–Crippen LogP) is 1.04. The minimum Gasteiger partial charge on any atom is -0.480 e. The lowest BCUT2D eigenvalue weighted by Crippen LogP contribution is -2.25. The summed E-state index contributed by atoms with van der Waals surface area (Å²) in [6.07, 6.45) is 0.130. The number of carboxylic acids is 1. The number of pyridine rings is 1. The Morgan fingerprint density at radius 2 is 1.84 bits per heavy atom. The molecule has 1 aromatic heterocycles. The van der Waals surface area contributed by atoms with Crippen LogP contribution in [0.4, 0.5) is 0 Å². The number of esters is 1. The van der Waals surface area contributed by atoms with E-state index in [4.69, 9.17) is 0 Å². The average Bonchev–Trinajstić information content (AvgIpc) is 2.31. The van der Waals surface area contributed by atoms with Gasteiger partial charge in [0.2, 0.25) is 0 Å². The van der Waals surface area contributed by atoms with Gasteiger partial charge in [-0.05, 0) is 20.3 Å². The van der Waals surface area contributed by atoms with Gasteiger partial charge in [0.1, 0.15) is 6.04 Å². The molecule has 1 atom stereocenters. The lowest BCUT2D eigenvalue weighted by atomic mass is 10.1. The fourth-order valence-corrected chi connectivity index (χ4v) is 2.08. The van der Waals surface area contributed by atoms with Gasteiger partial charge in [-0.1, -0.05) is 0 Å². The van der Waals surface area contributed by atoms with E-state index in [1.54, 1.807) is 18.4 Å². The molecular weight excluding hydrogens is 250 g/mol. The molecule has 0 aliphatic rings. The molecule has 0 fully saturated rings. The molecule has 1 unspecified atom stereocenters. The largest absolute Gasteiger partial charge is 0.480 e. The lowest BCUT2D eigenvalue weighted by Gasteiger charge is -2.21. The third kappa shape index (κ3) is 3.67. The second kappa shape index (κ2) is 6.17. The lowest BCUT2D eigenvalue weighted by molar-refractivity contribution is -0.143. The van der Waals surface area contributed by atoms with Crippen LogP contribution in [0.1, 0.15) is 30.3 Å². The number of rotatable bonds is 5. The van der Waals surface area contributed by atoms with Crippen molar-refractivity contribution in [3.05, 3.63) is 33.7 Å². The van der Waals surface area contributed by atoms with E-state index in [1.807, 2.05) is 0 Å². The van der Waals surface area contributed by atoms with Crippen molar-refractivity contribution in [2.45, 2.75) is 32.7 Å². The molecule has 0 radical (unpaired) electrons. The molecule has 0 bridgehead atoms. The topological polar surface area (TPSA) is 85.6 Å². The van der Waals surface area contributed by atoms with Crippen LogP contribution in [-0.2, 0) is 14.3 Å². The summed E-state index contributed by atoms with van der Waals surface area (Å²) in [7, 11) is 1.26. The van der Waals surface area contributed by atoms with Crippen molar-refractivity contribution in [1.82, 2.24) is 4.57 Å². The van der Waals surface area contributed by atoms with Crippen molar-refractivity contribution in [1.29, 1.82) is 0 Å². The summed E-state index contributed by atoms with van der Waals surface area (Å²) < 4.78 is 6.05. The molecule has 0 aliphatic carbocycles. The van der Waals surface area contributed by atoms with Gasteiger partial charge in [0.25, 0.3) is 0 Å². The molecule has 19 heavy (non-hydrogen) atoms. The first-order valence-electron chi connectivity index (χ1n) is 5.86. The Bertz CT molecular complexity index is 520. The first-order chi connectivity index (χ1) is 8.86. The van der Waals surface area contributed by atoms with Crippen molar-refractivity contribution < 1.29 is 19.4 Å². The van der Waals surface area contributed by atoms with E-state index < -0.39 is 18.0 Å². The van der Waals surface area contributed by atoms with Crippen LogP contribution < -0.4 is 5.43 Å². The van der Waals surface area contributed by atoms with E-state index in [9.17, 15) is 19.5 Å². The Kier molecular flexibility index (Phi) is 4.86. The highest BCUT2D eigenvalue weighted by Crippen LogP contribution is 2.18. The zero-order valence-corrected chi connectivity index (χ0v) is 11.2. The fraction of sp³-hybridized carbons (Fsp3) is 0.462. The number of hydrogen-bond donors (Lipinski definition) is 1. The minimum atomic E-state index is -1.04. The number of aliphatic carboxylic acids is 1. The maximum Gasteiger partial charge on any atom is 0.326 e. The highest BCUT2D eigenvalue weighted by atomic mass is 16.5. The van der Waals surface area contributed by atoms with E-state index in [2.05, 4.69) is 4.74 Å². The van der Waals surface area contributed by atoms with Crippen molar-refractivity contribution in [3.8, 4) is 0 Å². The van der Waals surface area contributed by atoms with Crippen LogP contribution in [0, 0.1) is 13.8 Å². The molecule has 0 saturated heterocycles. The van der Waals surface area contributed by atoms with Gasteiger partial charge in [-0.15, -0.1) is 0 Å². The van der Waals surface area contributed by atoms with E-state index in [1.165, 1.54) is 19.2 Å². The summed E-state index contributed by atoms with van der Waals surface area (Å²) >= 11 is 0. The second-order valence-corrected chi connectivity index (χ2v) is 4.31. The van der Waals surface area contributed by atoms with Gasteiger partial charge in [-0.3, -0.25) is 9.59 Å². The fourth-order valence-electron chi connectivity index (χ4n) is 2.08. The summed E-state index contributed by atoms with van der Waals surface area (Å²) in [6.45, 7) is 3.34. The molecule has 0 aromatic carbocycles. The Labute approximate surface area is 110 Å². The molecule has 1 heterocycles. The van der Waals surface area contributed by atoms with Crippen molar-refractivity contribution in [2.75, 3.05) is 7.11 Å². The summed E-state index contributed by atoms with van der Waals surface area (Å²) in [4.78, 5) is 33.8. The SMILES string of the molecule is COC(=O)CCC(C(=O)O)n1c(C)cc(=O)cc1C. The van der Waals surface area contributed by atoms with Crippen molar-refractivity contribution in [3.63, 3.8) is 0 Å². The Balaban J connectivity index is 3.10. The number of carbonyl (C=O) groups is 2. The highest BCUT2D eigenvalue weighted by molar-refractivity contribution is 5.74. The van der Waals surface area contributed by atoms with Crippen molar-refractivity contribution >= 4 is 11.9 Å². The van der Waals surface area contributed by atoms with Crippen LogP contribution >= 0.6 is 0 Å². The summed E-state index contributed by atoms with van der Waals surface area (Å²) in [5, 5.41) is 9.28. The molecule has 1 aromatic rings. The van der Waals surface area contributed by atoms with Gasteiger partial charge in [-0.25, -0.2) is 4.79 Å². The third-order valence-electron chi connectivity index (χ3n) is 2.91. The number of nitrogens with zero attached hydrogens (tertiary/aromatic N) is 1. The molecule has 6 heteroatoms. The van der Waals surface area contributed by atoms with E-state index in [0.717, 1.165) is 0 Å². The number of methoxy groups -OCH3 is 1. The van der Waals surface area contributed by atoms with Gasteiger partial charge in [-0.2, -0.15) is 0 Å². The third-order valence-corrected chi connectivity index (χ3v) is 2.91. The first-order valence-corrected chi connectivity index (χ1v) is 5.86. The van der Waals surface area contributed by atoms with Crippen LogP contribution in [-0.4, -0.2) is 28.7 Å². The zero-order valence-electron chi connectivity index (χ0n) is 11.2. The maximum atomic E-state index is 11.3. The number of ether oxygens (including phenoxy) is 1. The molecule has 0 aliphatic heterocycles. The summed E-state index contributed by atoms with van der Waals surface area (Å²) in [6, 6.07) is 1.86. The van der Waals surface area contributed by atoms with E-state index in [0.29, 0.717) is 11.4 Å². The minimum absolute atomic E-state index is 0.0124. The predicted molar refractivity (Wildman–Crippen MR) is 68.1 cm³/mol. The Hall–Kier alpha value is -2.11. The van der Waals surface area contributed by atoms with Gasteiger partial charge in [0.05, 0.1) is 7.11 Å². The summed E-state index contributed by atoms with van der Waals surface area (Å²) in [5.74, 6) is -1.50. The van der Waals surface area contributed by atoms with Crippen LogP contribution in [0.25, 0.3) is 0 Å². The zero-order chi connectivity index (χ0) is 14.6. The summed E-state index contributed by atoms with van der Waals surface area (Å²) in [5.41, 5.74) is 0.952. The molecule has 0 amide bonds. The van der Waals surface area contributed by atoms with Crippen LogP contribution in [0.15, 0.2) is 16.9 Å². The van der Waals surface area contributed by atoms with Crippen molar-refractivity contribution in [2.24, 2.45) is 0 Å². The molecule has 6 nitrogen and oxygen atoms in total. The van der Waals surface area contributed by atoms with Gasteiger partial charge in [0.15, 0.2) is 5.43 Å². The van der Waals surface area contributed by atoms with E-state index >= 15 is 0 Å².